The van der Waals surface area contributed by atoms with Gasteiger partial charge in [-0.25, -0.2) is 0 Å². The van der Waals surface area contributed by atoms with Crippen LogP contribution in [0.1, 0.15) is 12.7 Å². The normalized spacial score (nSPS) is 23.9. The third-order valence-electron chi connectivity index (χ3n) is 1.76. The summed E-state index contributed by atoms with van der Waals surface area (Å²) in [7, 11) is 0. The van der Waals surface area contributed by atoms with E-state index in [1.165, 1.54) is 18.0 Å². The summed E-state index contributed by atoms with van der Waals surface area (Å²) in [4.78, 5) is 11.1. The molecule has 0 spiro atoms. The lowest BCUT2D eigenvalue weighted by Gasteiger charge is -1.88. The van der Waals surface area contributed by atoms with Gasteiger partial charge in [0, 0.05) is 0 Å². The Balaban J connectivity index is 1.98. The fourth-order valence-electron chi connectivity index (χ4n) is 1.01. The minimum atomic E-state index is -0.0948. The maximum Gasteiger partial charge on any atom is 0.239 e. The summed E-state index contributed by atoms with van der Waals surface area (Å²) in [6, 6.07) is 3.54. The van der Waals surface area contributed by atoms with E-state index in [0.717, 1.165) is 0 Å². The molecule has 1 fully saturated rings. The van der Waals surface area contributed by atoms with Crippen molar-refractivity contribution >= 4 is 29.1 Å². The van der Waals surface area contributed by atoms with Crippen LogP contribution >= 0.6 is 11.8 Å². The highest BCUT2D eigenvalue weighted by atomic mass is 32.2. The zero-order valence-corrected chi connectivity index (χ0v) is 8.82. The van der Waals surface area contributed by atoms with Crippen LogP contribution in [0.5, 0.6) is 0 Å². The number of nitrogens with one attached hydrogen (secondary N) is 1. The van der Waals surface area contributed by atoms with Gasteiger partial charge in [0.05, 0.1) is 17.7 Å². The molecule has 0 radical (unpaired) electrons. The zero-order valence-electron chi connectivity index (χ0n) is 8.01. The number of rotatable bonds is 2. The second-order valence-corrected chi connectivity index (χ2v) is 4.24. The van der Waals surface area contributed by atoms with E-state index in [1.54, 1.807) is 18.4 Å². The summed E-state index contributed by atoms with van der Waals surface area (Å²) in [5.74, 6) is 0.591. The zero-order chi connectivity index (χ0) is 10.7. The van der Waals surface area contributed by atoms with Gasteiger partial charge in [0.2, 0.25) is 5.91 Å². The number of furan rings is 1. The number of carbonyl (C=O) groups is 1. The molecule has 1 aliphatic heterocycles. The number of nitrogens with zero attached hydrogens (tertiary/aromatic N) is 2. The molecule has 1 atom stereocenters. The first-order valence-electron chi connectivity index (χ1n) is 4.38. The molecule has 2 rings (SSSR count). The van der Waals surface area contributed by atoms with Gasteiger partial charge in [0.1, 0.15) is 5.76 Å². The van der Waals surface area contributed by atoms with Crippen molar-refractivity contribution in [3.8, 4) is 0 Å². The van der Waals surface area contributed by atoms with E-state index >= 15 is 0 Å². The molecule has 78 valence electrons. The predicted molar refractivity (Wildman–Crippen MR) is 58.9 cm³/mol. The van der Waals surface area contributed by atoms with Gasteiger partial charge in [0.25, 0.3) is 0 Å². The van der Waals surface area contributed by atoms with Crippen LogP contribution in [-0.4, -0.2) is 22.5 Å². The molecular formula is C9H9N3O2S. The molecule has 6 heteroatoms. The summed E-state index contributed by atoms with van der Waals surface area (Å²) in [6.07, 6.45) is 3.05. The van der Waals surface area contributed by atoms with Crippen LogP contribution in [0.2, 0.25) is 0 Å². The molecular weight excluding hydrogens is 214 g/mol. The Kier molecular flexibility index (Phi) is 2.86. The van der Waals surface area contributed by atoms with Crippen molar-refractivity contribution in [3.05, 3.63) is 24.2 Å². The van der Waals surface area contributed by atoms with E-state index in [1.807, 2.05) is 6.92 Å². The summed E-state index contributed by atoms with van der Waals surface area (Å²) in [6.45, 7) is 1.82. The highest BCUT2D eigenvalue weighted by Gasteiger charge is 2.25. The van der Waals surface area contributed by atoms with Crippen molar-refractivity contribution in [2.45, 2.75) is 12.2 Å². The summed E-state index contributed by atoms with van der Waals surface area (Å²) >= 11 is 1.36. The molecule has 1 aliphatic rings. The van der Waals surface area contributed by atoms with Gasteiger partial charge in [-0.05, 0) is 19.1 Å². The molecule has 5 nitrogen and oxygen atoms in total. The van der Waals surface area contributed by atoms with Crippen LogP contribution in [0.15, 0.2) is 33.0 Å². The average molecular weight is 223 g/mol. The van der Waals surface area contributed by atoms with Gasteiger partial charge in [-0.2, -0.15) is 5.10 Å². The van der Waals surface area contributed by atoms with Gasteiger partial charge in [-0.1, -0.05) is 11.8 Å². The topological polar surface area (TPSA) is 67.0 Å². The fourth-order valence-corrected chi connectivity index (χ4v) is 1.76. The monoisotopic (exact) mass is 223 g/mol. The van der Waals surface area contributed by atoms with Gasteiger partial charge in [-0.3, -0.25) is 4.79 Å². The molecule has 2 heterocycles. The second kappa shape index (κ2) is 4.31. The molecule has 1 aromatic rings. The number of amidine groups is 1. The van der Waals surface area contributed by atoms with E-state index in [2.05, 4.69) is 15.5 Å². The SMILES string of the molecule is C[C@H]1SC(=NN=Cc2ccco2)NC1=O. The largest absolute Gasteiger partial charge is 0.463 e. The molecule has 1 N–H and O–H groups in total. The van der Waals surface area contributed by atoms with Crippen LogP contribution in [-0.2, 0) is 4.79 Å². The average Bonchev–Trinajstić information content (AvgIpc) is 2.79. The molecule has 0 bridgehead atoms. The summed E-state index contributed by atoms with van der Waals surface area (Å²) < 4.78 is 5.03. The van der Waals surface area contributed by atoms with Crippen molar-refractivity contribution in [2.75, 3.05) is 0 Å². The molecule has 0 aliphatic carbocycles. The Bertz CT molecular complexity index is 411. The van der Waals surface area contributed by atoms with Crippen molar-refractivity contribution in [1.82, 2.24) is 5.32 Å². The first-order chi connectivity index (χ1) is 7.25. The second-order valence-electron chi connectivity index (χ2n) is 2.91. The molecule has 1 amide bonds. The molecule has 0 saturated carbocycles. The number of hydrogen-bond donors (Lipinski definition) is 1. The van der Waals surface area contributed by atoms with Gasteiger partial charge in [-0.15, -0.1) is 5.10 Å². The summed E-state index contributed by atoms with van der Waals surface area (Å²) in [5.41, 5.74) is 0. The van der Waals surface area contributed by atoms with Gasteiger partial charge in [0.15, 0.2) is 5.17 Å². The van der Waals surface area contributed by atoms with E-state index in [-0.39, 0.29) is 11.2 Å². The molecule has 0 unspecified atom stereocenters. The fraction of sp³-hybridized carbons (Fsp3) is 0.222. The quantitative estimate of drug-likeness (QED) is 0.605. The van der Waals surface area contributed by atoms with Crippen molar-refractivity contribution in [3.63, 3.8) is 0 Å². The van der Waals surface area contributed by atoms with E-state index in [4.69, 9.17) is 4.42 Å². The first kappa shape index (κ1) is 9.97. The van der Waals surface area contributed by atoms with E-state index < -0.39 is 0 Å². The van der Waals surface area contributed by atoms with Crippen molar-refractivity contribution in [2.24, 2.45) is 10.2 Å². The standard InChI is InChI=1S/C9H9N3O2S/c1-6-8(13)11-9(15-6)12-10-5-7-3-2-4-14-7/h2-6H,1H3,(H,11,12,13)/t6-/m1/s1. The van der Waals surface area contributed by atoms with Crippen LogP contribution < -0.4 is 5.32 Å². The van der Waals surface area contributed by atoms with Crippen LogP contribution in [0.4, 0.5) is 0 Å². The lowest BCUT2D eigenvalue weighted by Crippen LogP contribution is -2.23. The maximum atomic E-state index is 11.1. The predicted octanol–water partition coefficient (Wildman–Crippen LogP) is 1.22. The van der Waals surface area contributed by atoms with Gasteiger partial charge >= 0.3 is 0 Å². The van der Waals surface area contributed by atoms with Crippen molar-refractivity contribution in [1.29, 1.82) is 0 Å². The molecule has 1 aromatic heterocycles. The van der Waals surface area contributed by atoms with Crippen molar-refractivity contribution < 1.29 is 9.21 Å². The lowest BCUT2D eigenvalue weighted by molar-refractivity contribution is -0.118. The molecule has 1 saturated heterocycles. The van der Waals surface area contributed by atoms with Crippen LogP contribution in [0.3, 0.4) is 0 Å². The minimum absolute atomic E-state index is 0.0352. The Labute approximate surface area is 90.6 Å². The maximum absolute atomic E-state index is 11.1. The highest BCUT2D eigenvalue weighted by molar-refractivity contribution is 8.15. The Morgan fingerprint density at radius 3 is 3.13 bits per heavy atom. The van der Waals surface area contributed by atoms with E-state index in [0.29, 0.717) is 10.9 Å². The minimum Gasteiger partial charge on any atom is -0.463 e. The van der Waals surface area contributed by atoms with E-state index in [9.17, 15) is 4.79 Å². The molecule has 15 heavy (non-hydrogen) atoms. The third-order valence-corrected chi connectivity index (χ3v) is 2.74. The third kappa shape index (κ3) is 2.47. The number of thioether (sulfide) groups is 1. The Morgan fingerprint density at radius 1 is 1.67 bits per heavy atom. The Hall–Kier alpha value is -1.56. The number of amides is 1. The number of carbonyl (C=O) groups excluding carboxylic acids is 1. The smallest absolute Gasteiger partial charge is 0.239 e. The highest BCUT2D eigenvalue weighted by Crippen LogP contribution is 2.18. The Morgan fingerprint density at radius 2 is 2.53 bits per heavy atom. The summed E-state index contributed by atoms with van der Waals surface area (Å²) in [5, 5.41) is 10.7. The lowest BCUT2D eigenvalue weighted by atomic mass is 10.4. The molecule has 0 aromatic carbocycles. The van der Waals surface area contributed by atoms with Gasteiger partial charge < -0.3 is 9.73 Å². The number of hydrogen-bond acceptors (Lipinski definition) is 5. The van der Waals surface area contributed by atoms with Crippen LogP contribution in [0.25, 0.3) is 0 Å². The first-order valence-corrected chi connectivity index (χ1v) is 5.26. The van der Waals surface area contributed by atoms with Crippen LogP contribution in [0, 0.1) is 0 Å².